The molecule has 3 aromatic carbocycles. The molecule has 0 nitrogen and oxygen atoms in total. The molecule has 104 valence electrons. The molecule has 0 radical (unpaired) electrons. The van der Waals surface area contributed by atoms with Crippen LogP contribution in [0.2, 0.25) is 0 Å². The minimum absolute atomic E-state index is 0.500. The Bertz CT molecular complexity index is 957. The van der Waals surface area contributed by atoms with Gasteiger partial charge in [-0.15, -0.1) is 0 Å². The van der Waals surface area contributed by atoms with Gasteiger partial charge in [-0.3, -0.25) is 0 Å². The van der Waals surface area contributed by atoms with Crippen molar-refractivity contribution in [3.8, 4) is 11.1 Å². The van der Waals surface area contributed by atoms with Gasteiger partial charge in [0.1, 0.15) is 0 Å². The summed E-state index contributed by atoms with van der Waals surface area (Å²) in [5, 5.41) is 2.67. The summed E-state index contributed by atoms with van der Waals surface area (Å²) < 4.78 is 0. The number of allylic oxidation sites excluding steroid dienone is 4. The average Bonchev–Trinajstić information content (AvgIpc) is 2.61. The topological polar surface area (TPSA) is 0 Å². The molecule has 1 atom stereocenters. The fourth-order valence-electron chi connectivity index (χ4n) is 3.95. The van der Waals surface area contributed by atoms with Crippen molar-refractivity contribution in [1.29, 1.82) is 0 Å². The zero-order valence-corrected chi connectivity index (χ0v) is 12.3. The van der Waals surface area contributed by atoms with Crippen molar-refractivity contribution in [3.05, 3.63) is 90.0 Å². The van der Waals surface area contributed by atoms with Crippen LogP contribution in [-0.2, 0) is 0 Å². The summed E-state index contributed by atoms with van der Waals surface area (Å²) in [6, 6.07) is 22.3. The molecule has 0 spiro atoms. The number of fused-ring (bicyclic) bond motifs is 7. The number of hydrogen-bond acceptors (Lipinski definition) is 0. The van der Waals surface area contributed by atoms with Gasteiger partial charge in [-0.1, -0.05) is 66.8 Å². The van der Waals surface area contributed by atoms with Crippen LogP contribution in [0.5, 0.6) is 0 Å². The smallest absolute Gasteiger partial charge is 0.0136 e. The van der Waals surface area contributed by atoms with Gasteiger partial charge in [-0.2, -0.15) is 0 Å². The molecule has 0 amide bonds. The first-order valence-electron chi connectivity index (χ1n) is 7.91. The highest BCUT2D eigenvalue weighted by Crippen LogP contribution is 2.50. The van der Waals surface area contributed by atoms with Crippen molar-refractivity contribution >= 4 is 16.3 Å². The lowest BCUT2D eigenvalue weighted by molar-refractivity contribution is 0.870. The van der Waals surface area contributed by atoms with Gasteiger partial charge in [0.05, 0.1) is 0 Å². The first kappa shape index (κ1) is 12.0. The Morgan fingerprint density at radius 2 is 1.45 bits per heavy atom. The predicted octanol–water partition coefficient (Wildman–Crippen LogP) is 5.95. The van der Waals surface area contributed by atoms with E-state index in [2.05, 4.69) is 78.9 Å². The molecule has 0 heteroatoms. The molecule has 0 bridgehead atoms. The Balaban J connectivity index is 1.90. The van der Waals surface area contributed by atoms with E-state index >= 15 is 0 Å². The van der Waals surface area contributed by atoms with Crippen LogP contribution in [0.1, 0.15) is 23.5 Å². The number of rotatable bonds is 0. The Morgan fingerprint density at radius 1 is 0.727 bits per heavy atom. The molecule has 0 heterocycles. The lowest BCUT2D eigenvalue weighted by atomic mass is 9.72. The van der Waals surface area contributed by atoms with Gasteiger partial charge >= 0.3 is 0 Å². The van der Waals surface area contributed by atoms with Crippen molar-refractivity contribution in [2.45, 2.75) is 12.3 Å². The maximum atomic E-state index is 2.40. The quantitative estimate of drug-likeness (QED) is 0.477. The van der Waals surface area contributed by atoms with Crippen LogP contribution < -0.4 is 0 Å². The molecule has 2 aliphatic carbocycles. The summed E-state index contributed by atoms with van der Waals surface area (Å²) in [5.74, 6) is 0.500. The minimum Gasteiger partial charge on any atom is -0.0836 e. The summed E-state index contributed by atoms with van der Waals surface area (Å²) in [7, 11) is 0. The van der Waals surface area contributed by atoms with Crippen LogP contribution >= 0.6 is 0 Å². The summed E-state index contributed by atoms with van der Waals surface area (Å²) in [4.78, 5) is 0. The summed E-state index contributed by atoms with van der Waals surface area (Å²) in [5.41, 5.74) is 7.14. The fourth-order valence-corrected chi connectivity index (χ4v) is 3.95. The first-order chi connectivity index (χ1) is 10.9. The average molecular weight is 280 g/mol. The third kappa shape index (κ3) is 1.58. The molecular weight excluding hydrogens is 264 g/mol. The Hall–Kier alpha value is -2.60. The second-order valence-electron chi connectivity index (χ2n) is 6.17. The summed E-state index contributed by atoms with van der Waals surface area (Å²) in [6.45, 7) is 0. The van der Waals surface area contributed by atoms with Crippen LogP contribution in [0.3, 0.4) is 0 Å². The Morgan fingerprint density at radius 3 is 2.32 bits per heavy atom. The summed E-state index contributed by atoms with van der Waals surface area (Å²) >= 11 is 0. The van der Waals surface area contributed by atoms with E-state index in [4.69, 9.17) is 0 Å². The van der Waals surface area contributed by atoms with E-state index < -0.39 is 0 Å². The summed E-state index contributed by atoms with van der Waals surface area (Å²) in [6.07, 6.45) is 7.90. The van der Waals surface area contributed by atoms with E-state index in [9.17, 15) is 0 Å². The molecular formula is C22H16. The van der Waals surface area contributed by atoms with E-state index in [-0.39, 0.29) is 0 Å². The van der Waals surface area contributed by atoms with Crippen molar-refractivity contribution < 1.29 is 0 Å². The third-order valence-electron chi connectivity index (χ3n) is 4.98. The van der Waals surface area contributed by atoms with E-state index in [0.717, 1.165) is 6.42 Å². The van der Waals surface area contributed by atoms with Crippen LogP contribution in [0.15, 0.2) is 78.9 Å². The zero-order valence-electron chi connectivity index (χ0n) is 12.3. The van der Waals surface area contributed by atoms with Gasteiger partial charge in [0, 0.05) is 5.92 Å². The largest absolute Gasteiger partial charge is 0.0836 e. The molecule has 1 unspecified atom stereocenters. The normalized spacial score (nSPS) is 18.4. The van der Waals surface area contributed by atoms with Gasteiger partial charge in [0.2, 0.25) is 0 Å². The van der Waals surface area contributed by atoms with Crippen LogP contribution in [0.4, 0.5) is 0 Å². The Labute approximate surface area is 130 Å². The van der Waals surface area contributed by atoms with Crippen LogP contribution in [-0.4, -0.2) is 0 Å². The number of benzene rings is 3. The SMILES string of the molecule is C1=CCC2C(=C1)c1ccccc1-c1cc3ccccc3cc12. The molecule has 3 aromatic rings. The molecule has 0 saturated carbocycles. The Kier molecular flexibility index (Phi) is 2.42. The second kappa shape index (κ2) is 4.45. The van der Waals surface area contributed by atoms with E-state index in [1.54, 1.807) is 0 Å². The van der Waals surface area contributed by atoms with Crippen molar-refractivity contribution in [2.24, 2.45) is 0 Å². The van der Waals surface area contributed by atoms with E-state index in [0.29, 0.717) is 5.92 Å². The van der Waals surface area contributed by atoms with Crippen LogP contribution in [0, 0.1) is 0 Å². The predicted molar refractivity (Wildman–Crippen MR) is 93.9 cm³/mol. The van der Waals surface area contributed by atoms with Gasteiger partial charge in [0.25, 0.3) is 0 Å². The molecule has 2 aliphatic rings. The monoisotopic (exact) mass is 280 g/mol. The first-order valence-corrected chi connectivity index (χ1v) is 7.91. The van der Waals surface area contributed by atoms with Gasteiger partial charge in [-0.25, -0.2) is 0 Å². The zero-order chi connectivity index (χ0) is 14.5. The third-order valence-corrected chi connectivity index (χ3v) is 4.98. The lowest BCUT2D eigenvalue weighted by Crippen LogP contribution is -2.11. The maximum Gasteiger partial charge on any atom is 0.0136 e. The van der Waals surface area contributed by atoms with Crippen LogP contribution in [0.25, 0.3) is 27.5 Å². The van der Waals surface area contributed by atoms with E-state index in [1.165, 1.54) is 38.6 Å². The highest BCUT2D eigenvalue weighted by Gasteiger charge is 2.29. The molecule has 0 aliphatic heterocycles. The fraction of sp³-hybridized carbons (Fsp3) is 0.0909. The molecule has 5 rings (SSSR count). The minimum atomic E-state index is 0.500. The maximum absolute atomic E-state index is 2.40. The van der Waals surface area contributed by atoms with Gasteiger partial charge in [0.15, 0.2) is 0 Å². The standard InChI is InChI=1S/C22H16/c1-2-8-16-14-22-20-12-6-4-10-18(20)17-9-3-5-11-19(17)21(22)13-15(16)7-1/h1-11,13-14,20H,12H2. The van der Waals surface area contributed by atoms with E-state index in [1.807, 2.05) is 0 Å². The lowest BCUT2D eigenvalue weighted by Gasteiger charge is -2.32. The van der Waals surface area contributed by atoms with Crippen molar-refractivity contribution in [2.75, 3.05) is 0 Å². The number of hydrogen-bond donors (Lipinski definition) is 0. The highest BCUT2D eigenvalue weighted by molar-refractivity contribution is 5.97. The second-order valence-corrected chi connectivity index (χ2v) is 6.17. The van der Waals surface area contributed by atoms with Crippen molar-refractivity contribution in [1.82, 2.24) is 0 Å². The highest BCUT2D eigenvalue weighted by atomic mass is 14.3. The van der Waals surface area contributed by atoms with Gasteiger partial charge in [-0.05, 0) is 57.2 Å². The molecule has 0 aromatic heterocycles. The molecule has 0 N–H and O–H groups in total. The van der Waals surface area contributed by atoms with Crippen molar-refractivity contribution in [3.63, 3.8) is 0 Å². The van der Waals surface area contributed by atoms with Gasteiger partial charge < -0.3 is 0 Å². The molecule has 0 fully saturated rings. The molecule has 0 saturated heterocycles. The molecule has 22 heavy (non-hydrogen) atoms.